The lowest BCUT2D eigenvalue weighted by Gasteiger charge is -1.60. The molecule has 0 fully saturated rings. The molecule has 0 bridgehead atoms. The van der Waals surface area contributed by atoms with Gasteiger partial charge in [0.15, 0.2) is 6.19 Å². The maximum absolute atomic E-state index is 9.22. The van der Waals surface area contributed by atoms with E-state index in [0.717, 1.165) is 0 Å². The summed E-state index contributed by atoms with van der Waals surface area (Å²) >= 11 is 0. The van der Waals surface area contributed by atoms with Crippen LogP contribution >= 0.6 is 0 Å². The largest absolute Gasteiger partial charge is 0.370 e. The molecule has 0 rings (SSSR count). The van der Waals surface area contributed by atoms with Crippen molar-refractivity contribution in [1.29, 1.82) is 5.26 Å². The predicted octanol–water partition coefficient (Wildman–Crippen LogP) is -1.08. The van der Waals surface area contributed by atoms with Crippen LogP contribution < -0.4 is 11.5 Å². The minimum Gasteiger partial charge on any atom is -0.370 e. The second-order valence-electron chi connectivity index (χ2n) is 0.740. The third kappa shape index (κ3) is 23.6. The van der Waals surface area contributed by atoms with E-state index in [9.17, 15) is 4.79 Å². The number of hydrogen-bond donors (Lipinski definition) is 2. The lowest BCUT2D eigenvalue weighted by Crippen LogP contribution is -2.01. The number of carbonyl (C=O) groups excluding carboxylic acids is 1. The molecule has 1 amide bonds. The van der Waals surface area contributed by atoms with Crippen molar-refractivity contribution in [3.05, 3.63) is 0 Å². The van der Waals surface area contributed by atoms with E-state index in [4.69, 9.17) is 5.26 Å². The fourth-order valence-corrected chi connectivity index (χ4v) is 0. The molecule has 0 saturated heterocycles. The Balaban J connectivity index is 0. The first-order valence-electron chi connectivity index (χ1n) is 1.51. The molecule has 0 heterocycles. The normalized spacial score (nSPS) is 4.57. The van der Waals surface area contributed by atoms with Crippen molar-refractivity contribution in [2.45, 2.75) is 6.92 Å². The summed E-state index contributed by atoms with van der Waals surface area (Å²) in [6.45, 7) is 1.31. The number of nitrogens with zero attached hydrogens (tertiary/aromatic N) is 1. The highest BCUT2D eigenvalue weighted by molar-refractivity contribution is 5.70. The second kappa shape index (κ2) is 8.83. The highest BCUT2D eigenvalue weighted by Gasteiger charge is 1.61. The van der Waals surface area contributed by atoms with Crippen LogP contribution in [0.1, 0.15) is 6.92 Å². The van der Waals surface area contributed by atoms with Crippen LogP contribution in [0.25, 0.3) is 0 Å². The zero-order valence-electron chi connectivity index (χ0n) is 4.01. The smallest absolute Gasteiger partial charge is 0.214 e. The molecule has 0 aliphatic heterocycles. The van der Waals surface area contributed by atoms with Crippen molar-refractivity contribution in [1.82, 2.24) is 0 Å². The molecule has 7 heavy (non-hydrogen) atoms. The Labute approximate surface area is 41.7 Å². The number of nitriles is 1. The number of nitrogens with two attached hydrogens (primary N) is 2. The molecule has 0 aromatic carbocycles. The molecule has 0 aliphatic rings. The molecule has 0 saturated carbocycles. The van der Waals surface area contributed by atoms with Gasteiger partial charge in [-0.25, -0.2) is 0 Å². The van der Waals surface area contributed by atoms with Crippen LogP contribution in [0.3, 0.4) is 0 Å². The fourth-order valence-electron chi connectivity index (χ4n) is 0. The van der Waals surface area contributed by atoms with E-state index in [1.807, 2.05) is 0 Å². The molecule has 0 aromatic rings. The summed E-state index contributed by atoms with van der Waals surface area (Å²) in [5.74, 6) is -0.333. The quantitative estimate of drug-likeness (QED) is 0.300. The van der Waals surface area contributed by atoms with Gasteiger partial charge in [-0.1, -0.05) is 0 Å². The summed E-state index contributed by atoms with van der Waals surface area (Å²) in [7, 11) is 0. The van der Waals surface area contributed by atoms with Crippen molar-refractivity contribution >= 4 is 5.91 Å². The fraction of sp³-hybridized carbons (Fsp3) is 0.333. The van der Waals surface area contributed by atoms with E-state index in [1.165, 1.54) is 13.1 Å². The van der Waals surface area contributed by atoms with Crippen LogP contribution in [0.2, 0.25) is 0 Å². The van der Waals surface area contributed by atoms with E-state index in [2.05, 4.69) is 11.5 Å². The first-order valence-corrected chi connectivity index (χ1v) is 1.51. The van der Waals surface area contributed by atoms with Crippen molar-refractivity contribution in [2.75, 3.05) is 0 Å². The molecule has 4 heteroatoms. The van der Waals surface area contributed by atoms with E-state index >= 15 is 0 Å². The number of primary amides is 1. The van der Waals surface area contributed by atoms with Gasteiger partial charge in [0.25, 0.3) is 0 Å². The Kier molecular flexibility index (Phi) is 11.7. The second-order valence-corrected chi connectivity index (χ2v) is 0.740. The first-order chi connectivity index (χ1) is 3.15. The monoisotopic (exact) mass is 101 g/mol. The summed E-state index contributed by atoms with van der Waals surface area (Å²) < 4.78 is 0. The standard InChI is InChI=1S/C2H5NO.CH2N2/c1-2(3)4;2-1-3/h1H3,(H2,3,4);2H2. The van der Waals surface area contributed by atoms with Gasteiger partial charge in [0.05, 0.1) is 0 Å². The molecule has 0 aliphatic carbocycles. The first kappa shape index (κ1) is 9.23. The van der Waals surface area contributed by atoms with Crippen molar-refractivity contribution in [3.63, 3.8) is 0 Å². The number of rotatable bonds is 0. The average Bonchev–Trinajstić information content (AvgIpc) is 1.33. The lowest BCUT2D eigenvalue weighted by atomic mass is 10.8. The van der Waals surface area contributed by atoms with Gasteiger partial charge in [0, 0.05) is 6.92 Å². The highest BCUT2D eigenvalue weighted by atomic mass is 16.1. The zero-order valence-corrected chi connectivity index (χ0v) is 4.01. The van der Waals surface area contributed by atoms with E-state index in [0.29, 0.717) is 0 Å². The summed E-state index contributed by atoms with van der Waals surface area (Å²) in [6.07, 6.45) is 1.25. The van der Waals surface area contributed by atoms with Gasteiger partial charge in [0.1, 0.15) is 0 Å². The van der Waals surface area contributed by atoms with Gasteiger partial charge in [0.2, 0.25) is 5.91 Å². The molecule has 4 nitrogen and oxygen atoms in total. The molecule has 0 radical (unpaired) electrons. The van der Waals surface area contributed by atoms with E-state index < -0.39 is 0 Å². The molecule has 0 spiro atoms. The Morgan fingerprint density at radius 2 is 1.86 bits per heavy atom. The van der Waals surface area contributed by atoms with Gasteiger partial charge >= 0.3 is 0 Å². The van der Waals surface area contributed by atoms with E-state index in [-0.39, 0.29) is 5.91 Å². The molecular weight excluding hydrogens is 94.1 g/mol. The highest BCUT2D eigenvalue weighted by Crippen LogP contribution is 1.33. The lowest BCUT2D eigenvalue weighted by molar-refractivity contribution is -0.115. The van der Waals surface area contributed by atoms with Gasteiger partial charge in [-0.05, 0) is 0 Å². The summed E-state index contributed by atoms with van der Waals surface area (Å²) in [4.78, 5) is 9.22. The van der Waals surface area contributed by atoms with Crippen LogP contribution in [0, 0.1) is 11.5 Å². The van der Waals surface area contributed by atoms with Crippen LogP contribution in [0.5, 0.6) is 0 Å². The van der Waals surface area contributed by atoms with Crippen LogP contribution in [0.4, 0.5) is 0 Å². The molecule has 40 valence electrons. The zero-order chi connectivity index (χ0) is 6.28. The van der Waals surface area contributed by atoms with E-state index in [1.54, 1.807) is 0 Å². The third-order valence-electron chi connectivity index (χ3n) is 0. The van der Waals surface area contributed by atoms with Gasteiger partial charge in [-0.3, -0.25) is 4.79 Å². The minimum absolute atomic E-state index is 0.333. The molecule has 0 aromatic heterocycles. The SMILES string of the molecule is CC(N)=O.N#CN. The van der Waals surface area contributed by atoms with Crippen molar-refractivity contribution < 1.29 is 4.79 Å². The van der Waals surface area contributed by atoms with Crippen molar-refractivity contribution in [2.24, 2.45) is 11.5 Å². The van der Waals surface area contributed by atoms with Crippen LogP contribution in [-0.4, -0.2) is 5.91 Å². The number of carbonyl (C=O) groups is 1. The van der Waals surface area contributed by atoms with Gasteiger partial charge in [-0.2, -0.15) is 5.26 Å². The van der Waals surface area contributed by atoms with Gasteiger partial charge in [-0.15, -0.1) is 0 Å². The Hall–Kier alpha value is -1.24. The average molecular weight is 101 g/mol. The molecule has 0 unspecified atom stereocenters. The van der Waals surface area contributed by atoms with Crippen LogP contribution in [-0.2, 0) is 4.79 Å². The maximum atomic E-state index is 9.22. The predicted molar refractivity (Wildman–Crippen MR) is 24.7 cm³/mol. The third-order valence-corrected chi connectivity index (χ3v) is 0. The molecular formula is C3H7N3O. The van der Waals surface area contributed by atoms with Gasteiger partial charge < -0.3 is 11.5 Å². The minimum atomic E-state index is -0.333. The summed E-state index contributed by atoms with van der Waals surface area (Å²) in [5.41, 5.74) is 8.62. The topological polar surface area (TPSA) is 92.9 Å². The number of amides is 1. The van der Waals surface area contributed by atoms with Crippen molar-refractivity contribution in [3.8, 4) is 6.19 Å². The Morgan fingerprint density at radius 1 is 1.86 bits per heavy atom. The molecule has 0 atom stereocenters. The summed E-state index contributed by atoms with van der Waals surface area (Å²) in [5, 5.41) is 7.10. The Morgan fingerprint density at radius 3 is 1.86 bits per heavy atom. The maximum Gasteiger partial charge on any atom is 0.214 e. The Bertz CT molecular complexity index is 78.7. The molecule has 4 N–H and O–H groups in total. The van der Waals surface area contributed by atoms with Crippen LogP contribution in [0.15, 0.2) is 0 Å². The number of hydrogen-bond acceptors (Lipinski definition) is 3. The summed E-state index contributed by atoms with van der Waals surface area (Å²) in [6, 6.07) is 0.